The van der Waals surface area contributed by atoms with Crippen LogP contribution in [0.2, 0.25) is 0 Å². The van der Waals surface area contributed by atoms with Crippen molar-refractivity contribution in [2.45, 2.75) is 36.8 Å². The molecule has 0 aromatic heterocycles. The molecule has 2 rings (SSSR count). The van der Waals surface area contributed by atoms with Crippen LogP contribution in [0.15, 0.2) is 0 Å². The van der Waals surface area contributed by atoms with Gasteiger partial charge in [0.1, 0.15) is 11.7 Å². The zero-order valence-electron chi connectivity index (χ0n) is 7.04. The van der Waals surface area contributed by atoms with E-state index in [0.29, 0.717) is 0 Å². The van der Waals surface area contributed by atoms with Gasteiger partial charge in [0, 0.05) is 0 Å². The number of hydrogen-bond acceptors (Lipinski definition) is 6. The first-order valence-corrected chi connectivity index (χ1v) is 3.98. The van der Waals surface area contributed by atoms with Crippen molar-refractivity contribution in [3.63, 3.8) is 0 Å². The van der Waals surface area contributed by atoms with Gasteiger partial charge >= 0.3 is 0 Å². The zero-order valence-corrected chi connectivity index (χ0v) is 7.04. The molecule has 0 saturated carbocycles. The molecule has 76 valence electrons. The second kappa shape index (κ2) is 2.41. The van der Waals surface area contributed by atoms with Crippen LogP contribution in [-0.2, 0) is 9.47 Å². The molecule has 6 nitrogen and oxygen atoms in total. The van der Waals surface area contributed by atoms with E-state index in [1.54, 1.807) is 0 Å². The Bertz CT molecular complexity index is 229. The molecule has 2 saturated heterocycles. The lowest BCUT2D eigenvalue weighted by Gasteiger charge is -2.43. The molecule has 2 aliphatic rings. The molecule has 0 aromatic rings. The van der Waals surface area contributed by atoms with Crippen LogP contribution in [0.5, 0.6) is 0 Å². The fourth-order valence-corrected chi connectivity index (χ4v) is 1.69. The quantitative estimate of drug-likeness (QED) is 0.317. The zero-order chi connectivity index (χ0) is 9.85. The van der Waals surface area contributed by atoms with Crippen molar-refractivity contribution < 1.29 is 29.9 Å². The number of ether oxygens (including phenoxy) is 2. The third kappa shape index (κ3) is 1.04. The van der Waals surface area contributed by atoms with Gasteiger partial charge in [0.05, 0.1) is 6.61 Å². The lowest BCUT2D eigenvalue weighted by atomic mass is 9.88. The second-order valence-corrected chi connectivity index (χ2v) is 3.74. The van der Waals surface area contributed by atoms with Crippen LogP contribution in [-0.4, -0.2) is 56.9 Å². The summed E-state index contributed by atoms with van der Waals surface area (Å²) in [6.07, 6.45) is -4.32. The summed E-state index contributed by atoms with van der Waals surface area (Å²) in [6, 6.07) is 0. The van der Waals surface area contributed by atoms with Crippen molar-refractivity contribution >= 4 is 0 Å². The summed E-state index contributed by atoms with van der Waals surface area (Å²) in [6.45, 7) is 1.52. The van der Waals surface area contributed by atoms with Crippen molar-refractivity contribution in [1.29, 1.82) is 0 Å². The van der Waals surface area contributed by atoms with Gasteiger partial charge in [0.25, 0.3) is 0 Å². The Morgan fingerprint density at radius 1 is 1.31 bits per heavy atom. The van der Waals surface area contributed by atoms with Crippen molar-refractivity contribution in [2.24, 2.45) is 0 Å². The smallest absolute Gasteiger partial charge is 0.224 e. The molecule has 0 radical (unpaired) electrons. The maximum absolute atomic E-state index is 9.49. The Morgan fingerprint density at radius 3 is 2.54 bits per heavy atom. The normalized spacial score (nSPS) is 53.8. The van der Waals surface area contributed by atoms with Crippen molar-refractivity contribution in [3.8, 4) is 0 Å². The van der Waals surface area contributed by atoms with E-state index in [4.69, 9.17) is 9.47 Å². The van der Waals surface area contributed by atoms with Crippen LogP contribution in [0.25, 0.3) is 0 Å². The minimum Gasteiger partial charge on any atom is -0.384 e. The van der Waals surface area contributed by atoms with E-state index < -0.39 is 29.9 Å². The Morgan fingerprint density at radius 2 is 1.92 bits per heavy atom. The van der Waals surface area contributed by atoms with Gasteiger partial charge in [-0.05, 0) is 6.92 Å². The summed E-state index contributed by atoms with van der Waals surface area (Å²) < 4.78 is 10.0. The van der Waals surface area contributed by atoms with Crippen molar-refractivity contribution in [2.75, 3.05) is 6.61 Å². The van der Waals surface area contributed by atoms with Gasteiger partial charge < -0.3 is 29.9 Å². The molecule has 4 N–H and O–H groups in total. The first-order chi connectivity index (χ1) is 5.88. The van der Waals surface area contributed by atoms with Gasteiger partial charge in [-0.1, -0.05) is 0 Å². The van der Waals surface area contributed by atoms with E-state index >= 15 is 0 Å². The highest BCUT2D eigenvalue weighted by atomic mass is 16.8. The van der Waals surface area contributed by atoms with Crippen LogP contribution in [0.3, 0.4) is 0 Å². The van der Waals surface area contributed by atoms with Gasteiger partial charge in [0.2, 0.25) is 5.79 Å². The van der Waals surface area contributed by atoms with Crippen LogP contribution < -0.4 is 0 Å². The number of aliphatic hydroxyl groups excluding tert-OH is 2. The van der Waals surface area contributed by atoms with Crippen LogP contribution in [0.4, 0.5) is 0 Å². The minimum absolute atomic E-state index is 0.0266. The molecule has 0 aliphatic carbocycles. The molecular formula is C7H12O6. The molecule has 0 spiro atoms. The van der Waals surface area contributed by atoms with Crippen molar-refractivity contribution in [1.82, 2.24) is 0 Å². The molecule has 6 heteroatoms. The topological polar surface area (TPSA) is 99.4 Å². The SMILES string of the molecule is C[C@]12CO[C@H](O1)[C@@H](O)C(O)(O)[C@@H]2O. The number of aliphatic hydroxyl groups is 4. The Labute approximate surface area is 74.3 Å². The summed E-state index contributed by atoms with van der Waals surface area (Å²) in [5, 5.41) is 37.5. The molecule has 2 bridgehead atoms. The summed E-state index contributed by atoms with van der Waals surface area (Å²) in [4.78, 5) is 0. The molecule has 0 aromatic carbocycles. The van der Waals surface area contributed by atoms with E-state index in [1.165, 1.54) is 6.92 Å². The number of fused-ring (bicyclic) bond motifs is 2. The third-order valence-electron chi connectivity index (χ3n) is 2.59. The average Bonchev–Trinajstić information content (AvgIpc) is 2.43. The molecule has 0 unspecified atom stereocenters. The molecule has 2 heterocycles. The molecule has 4 atom stereocenters. The van der Waals surface area contributed by atoms with Crippen LogP contribution in [0, 0.1) is 0 Å². The standard InChI is InChI=1S/C7H12O6/c1-6-2-12-4(13-6)3(8)7(10,11)5(6)9/h3-5,8-11H,2H2,1H3/t3-,4-,5-,6-/m1/s1. The number of hydrogen-bond donors (Lipinski definition) is 4. The van der Waals surface area contributed by atoms with Gasteiger partial charge in [0.15, 0.2) is 12.4 Å². The average molecular weight is 192 g/mol. The largest absolute Gasteiger partial charge is 0.384 e. The lowest BCUT2D eigenvalue weighted by Crippen LogP contribution is -2.67. The highest BCUT2D eigenvalue weighted by molar-refractivity contribution is 5.04. The third-order valence-corrected chi connectivity index (χ3v) is 2.59. The number of rotatable bonds is 0. The van der Waals surface area contributed by atoms with Gasteiger partial charge in [-0.15, -0.1) is 0 Å². The molecule has 13 heavy (non-hydrogen) atoms. The highest BCUT2D eigenvalue weighted by Gasteiger charge is 2.63. The van der Waals surface area contributed by atoms with Crippen LogP contribution in [0.1, 0.15) is 6.92 Å². The first kappa shape index (κ1) is 9.32. The Hall–Kier alpha value is -0.240. The second-order valence-electron chi connectivity index (χ2n) is 3.74. The fraction of sp³-hybridized carbons (Fsp3) is 1.00. The molecule has 0 amide bonds. The Balaban J connectivity index is 2.35. The predicted molar refractivity (Wildman–Crippen MR) is 38.4 cm³/mol. The fourth-order valence-electron chi connectivity index (χ4n) is 1.69. The summed E-state index contributed by atoms with van der Waals surface area (Å²) in [7, 11) is 0. The summed E-state index contributed by atoms with van der Waals surface area (Å²) in [5.74, 6) is -2.58. The maximum Gasteiger partial charge on any atom is 0.224 e. The molecule has 2 aliphatic heterocycles. The monoisotopic (exact) mass is 192 g/mol. The van der Waals surface area contributed by atoms with E-state index in [1.807, 2.05) is 0 Å². The van der Waals surface area contributed by atoms with E-state index in [9.17, 15) is 20.4 Å². The molecular weight excluding hydrogens is 180 g/mol. The van der Waals surface area contributed by atoms with Crippen molar-refractivity contribution in [3.05, 3.63) is 0 Å². The minimum atomic E-state index is -2.58. The summed E-state index contributed by atoms with van der Waals surface area (Å²) >= 11 is 0. The van der Waals surface area contributed by atoms with E-state index in [0.717, 1.165) is 0 Å². The highest BCUT2D eigenvalue weighted by Crippen LogP contribution is 2.40. The molecule has 2 fully saturated rings. The van der Waals surface area contributed by atoms with Gasteiger partial charge in [-0.25, -0.2) is 0 Å². The first-order valence-electron chi connectivity index (χ1n) is 3.98. The Kier molecular flexibility index (Phi) is 1.73. The lowest BCUT2D eigenvalue weighted by molar-refractivity contribution is -0.366. The van der Waals surface area contributed by atoms with Gasteiger partial charge in [-0.2, -0.15) is 0 Å². The van der Waals surface area contributed by atoms with E-state index in [-0.39, 0.29) is 6.61 Å². The van der Waals surface area contributed by atoms with Crippen LogP contribution >= 0.6 is 0 Å². The summed E-state index contributed by atoms with van der Waals surface area (Å²) in [5.41, 5.74) is -1.16. The van der Waals surface area contributed by atoms with Gasteiger partial charge in [-0.3, -0.25) is 0 Å². The van der Waals surface area contributed by atoms with E-state index in [2.05, 4.69) is 0 Å². The predicted octanol–water partition coefficient (Wildman–Crippen LogP) is -2.47. The maximum atomic E-state index is 9.49.